The molecule has 7 heteroatoms. The van der Waals surface area contributed by atoms with E-state index in [2.05, 4.69) is 20.7 Å². The fourth-order valence-corrected chi connectivity index (χ4v) is 2.85. The molecule has 122 valence electrons. The van der Waals surface area contributed by atoms with Crippen LogP contribution < -0.4 is 5.76 Å². The first-order valence-electron chi connectivity index (χ1n) is 7.48. The number of halogens is 1. The number of nitrogens with one attached hydrogen (secondary N) is 1. The van der Waals surface area contributed by atoms with Gasteiger partial charge in [0, 0.05) is 23.7 Å². The van der Waals surface area contributed by atoms with Gasteiger partial charge in [-0.05, 0) is 23.8 Å². The molecule has 0 unspecified atom stereocenters. The van der Waals surface area contributed by atoms with Crippen molar-refractivity contribution >= 4 is 10.9 Å². The summed E-state index contributed by atoms with van der Waals surface area (Å²) >= 11 is 0. The van der Waals surface area contributed by atoms with Gasteiger partial charge in [0.05, 0.1) is 11.1 Å². The maximum atomic E-state index is 13.4. The maximum Gasteiger partial charge on any atom is 0.439 e. The molecule has 1 N–H and O–H groups in total. The Balaban J connectivity index is 1.85. The highest BCUT2D eigenvalue weighted by Gasteiger charge is 2.12. The van der Waals surface area contributed by atoms with Crippen molar-refractivity contribution in [3.05, 3.63) is 76.2 Å². The number of benzene rings is 2. The van der Waals surface area contributed by atoms with Crippen molar-refractivity contribution in [3.8, 4) is 17.5 Å². The van der Waals surface area contributed by atoms with E-state index in [1.807, 2.05) is 16.7 Å². The lowest BCUT2D eigenvalue weighted by Crippen LogP contribution is -1.98. The van der Waals surface area contributed by atoms with Crippen LogP contribution in [0.15, 0.2) is 58.0 Å². The van der Waals surface area contributed by atoms with Crippen LogP contribution in [0, 0.1) is 17.1 Å². The highest BCUT2D eigenvalue weighted by molar-refractivity contribution is 5.89. The molecule has 0 fully saturated rings. The van der Waals surface area contributed by atoms with Gasteiger partial charge in [0.2, 0.25) is 0 Å². The minimum absolute atomic E-state index is 0.309. The Hall–Kier alpha value is -3.66. The number of nitrogens with zero attached hydrogens (tertiary/aromatic N) is 3. The van der Waals surface area contributed by atoms with Gasteiger partial charge in [0.25, 0.3) is 0 Å². The van der Waals surface area contributed by atoms with Crippen LogP contribution in [0.25, 0.3) is 22.3 Å². The third-order valence-electron chi connectivity index (χ3n) is 3.96. The van der Waals surface area contributed by atoms with Gasteiger partial charge in [-0.1, -0.05) is 29.4 Å². The van der Waals surface area contributed by atoms with E-state index in [4.69, 9.17) is 0 Å². The third-order valence-corrected chi connectivity index (χ3v) is 3.96. The summed E-state index contributed by atoms with van der Waals surface area (Å²) in [4.78, 5) is 13.6. The zero-order valence-corrected chi connectivity index (χ0v) is 12.9. The largest absolute Gasteiger partial charge is 0.439 e. The van der Waals surface area contributed by atoms with Crippen LogP contribution in [-0.4, -0.2) is 14.7 Å². The average Bonchev–Trinajstić information content (AvgIpc) is 3.18. The van der Waals surface area contributed by atoms with Crippen molar-refractivity contribution in [2.45, 2.75) is 6.54 Å². The van der Waals surface area contributed by atoms with Gasteiger partial charge in [-0.2, -0.15) is 5.26 Å². The lowest BCUT2D eigenvalue weighted by molar-refractivity contribution is 0.388. The van der Waals surface area contributed by atoms with Crippen molar-refractivity contribution in [2.75, 3.05) is 0 Å². The van der Waals surface area contributed by atoms with Crippen LogP contribution in [0.3, 0.4) is 0 Å². The highest BCUT2D eigenvalue weighted by atomic mass is 19.1. The molecule has 2 heterocycles. The molecule has 6 nitrogen and oxygen atoms in total. The van der Waals surface area contributed by atoms with Crippen LogP contribution >= 0.6 is 0 Å². The minimum atomic E-state index is -0.636. The Labute approximate surface area is 140 Å². The van der Waals surface area contributed by atoms with Crippen LogP contribution in [0.4, 0.5) is 4.39 Å². The SMILES string of the molecule is N#Cc1cn(Cc2cccc(F)c2)c2cc(-c3noc(=O)[nH]3)ccc12. The summed E-state index contributed by atoms with van der Waals surface area (Å²) in [5.41, 5.74) is 2.73. The number of aromatic amines is 1. The molecule has 0 aliphatic heterocycles. The van der Waals surface area contributed by atoms with E-state index in [0.29, 0.717) is 23.5 Å². The molecule has 25 heavy (non-hydrogen) atoms. The first-order chi connectivity index (χ1) is 12.1. The predicted octanol–water partition coefficient (Wildman–Crippen LogP) is 3.04. The number of hydrogen-bond acceptors (Lipinski definition) is 4. The van der Waals surface area contributed by atoms with Gasteiger partial charge >= 0.3 is 5.76 Å². The summed E-state index contributed by atoms with van der Waals surface area (Å²) in [7, 11) is 0. The summed E-state index contributed by atoms with van der Waals surface area (Å²) in [6.45, 7) is 0.411. The number of H-pyrrole nitrogens is 1. The molecule has 0 aliphatic carbocycles. The summed E-state index contributed by atoms with van der Waals surface area (Å²) < 4.78 is 19.8. The second kappa shape index (κ2) is 5.76. The predicted molar refractivity (Wildman–Crippen MR) is 88.3 cm³/mol. The molecule has 4 aromatic rings. The monoisotopic (exact) mass is 334 g/mol. The fourth-order valence-electron chi connectivity index (χ4n) is 2.85. The first kappa shape index (κ1) is 14.9. The Kier molecular flexibility index (Phi) is 3.43. The van der Waals surface area contributed by atoms with Gasteiger partial charge in [-0.25, -0.2) is 9.18 Å². The van der Waals surface area contributed by atoms with Crippen molar-refractivity contribution in [3.63, 3.8) is 0 Å². The third kappa shape index (κ3) is 2.70. The van der Waals surface area contributed by atoms with Gasteiger partial charge in [-0.15, -0.1) is 0 Å². The lowest BCUT2D eigenvalue weighted by atomic mass is 10.1. The molecule has 0 atom stereocenters. The Morgan fingerprint density at radius 1 is 1.28 bits per heavy atom. The van der Waals surface area contributed by atoms with Crippen LogP contribution in [0.2, 0.25) is 0 Å². The van der Waals surface area contributed by atoms with Crippen molar-refractivity contribution in [1.29, 1.82) is 5.26 Å². The Bertz CT molecular complexity index is 1180. The van der Waals surface area contributed by atoms with E-state index in [9.17, 15) is 14.4 Å². The van der Waals surface area contributed by atoms with E-state index in [1.165, 1.54) is 12.1 Å². The molecule has 0 saturated heterocycles. The van der Waals surface area contributed by atoms with Crippen molar-refractivity contribution in [1.82, 2.24) is 14.7 Å². The quantitative estimate of drug-likeness (QED) is 0.624. The number of rotatable bonds is 3. The van der Waals surface area contributed by atoms with Crippen molar-refractivity contribution in [2.24, 2.45) is 0 Å². The van der Waals surface area contributed by atoms with Crippen LogP contribution in [-0.2, 0) is 6.54 Å². The van der Waals surface area contributed by atoms with E-state index in [1.54, 1.807) is 24.4 Å². The molecular weight excluding hydrogens is 323 g/mol. The van der Waals surface area contributed by atoms with Gasteiger partial charge in [0.15, 0.2) is 5.82 Å². The molecular formula is C18H11FN4O2. The molecule has 0 saturated carbocycles. The van der Waals surface area contributed by atoms with Gasteiger partial charge in [0.1, 0.15) is 11.9 Å². The van der Waals surface area contributed by atoms with E-state index in [-0.39, 0.29) is 5.82 Å². The first-order valence-corrected chi connectivity index (χ1v) is 7.48. The lowest BCUT2D eigenvalue weighted by Gasteiger charge is -2.06. The van der Waals surface area contributed by atoms with Gasteiger partial charge < -0.3 is 4.57 Å². The smallest absolute Gasteiger partial charge is 0.342 e. The standard InChI is InChI=1S/C18H11FN4O2/c19-14-3-1-2-11(6-14)9-23-10-13(8-20)15-5-4-12(7-16(15)23)17-21-18(24)25-22-17/h1-7,10H,9H2,(H,21,22,24). The zero-order chi connectivity index (χ0) is 17.4. The summed E-state index contributed by atoms with van der Waals surface area (Å²) in [6.07, 6.45) is 1.73. The Morgan fingerprint density at radius 2 is 2.16 bits per heavy atom. The summed E-state index contributed by atoms with van der Waals surface area (Å²) in [5.74, 6) is -0.637. The second-order valence-corrected chi connectivity index (χ2v) is 5.59. The molecule has 0 bridgehead atoms. The molecule has 4 rings (SSSR count). The van der Waals surface area contributed by atoms with E-state index in [0.717, 1.165) is 16.5 Å². The number of hydrogen-bond donors (Lipinski definition) is 1. The number of aromatic nitrogens is 3. The Morgan fingerprint density at radius 3 is 2.88 bits per heavy atom. The molecule has 0 spiro atoms. The van der Waals surface area contributed by atoms with Crippen LogP contribution in [0.1, 0.15) is 11.1 Å². The summed E-state index contributed by atoms with van der Waals surface area (Å²) in [5, 5.41) is 13.8. The van der Waals surface area contributed by atoms with Gasteiger partial charge in [-0.3, -0.25) is 9.51 Å². The number of nitriles is 1. The molecule has 0 radical (unpaired) electrons. The second-order valence-electron chi connectivity index (χ2n) is 5.59. The van der Waals surface area contributed by atoms with E-state index < -0.39 is 5.76 Å². The van der Waals surface area contributed by atoms with E-state index >= 15 is 0 Å². The zero-order valence-electron chi connectivity index (χ0n) is 12.9. The normalized spacial score (nSPS) is 10.9. The molecule has 2 aromatic carbocycles. The fraction of sp³-hybridized carbons (Fsp3) is 0.0556. The summed E-state index contributed by atoms with van der Waals surface area (Å²) in [6, 6.07) is 13.8. The van der Waals surface area contributed by atoms with Crippen LogP contribution in [0.5, 0.6) is 0 Å². The topological polar surface area (TPSA) is 87.6 Å². The molecule has 2 aromatic heterocycles. The number of fused-ring (bicyclic) bond motifs is 1. The maximum absolute atomic E-state index is 13.4. The molecule has 0 amide bonds. The minimum Gasteiger partial charge on any atom is -0.342 e. The average molecular weight is 334 g/mol. The molecule has 0 aliphatic rings. The highest BCUT2D eigenvalue weighted by Crippen LogP contribution is 2.26. The van der Waals surface area contributed by atoms with Crippen molar-refractivity contribution < 1.29 is 8.91 Å².